The molecule has 5 heteroatoms. The summed E-state index contributed by atoms with van der Waals surface area (Å²) in [5, 5.41) is 18.7. The predicted molar refractivity (Wildman–Crippen MR) is 74.2 cm³/mol. The van der Waals surface area contributed by atoms with E-state index >= 15 is 0 Å². The van der Waals surface area contributed by atoms with Crippen molar-refractivity contribution in [3.05, 3.63) is 47.5 Å². The predicted octanol–water partition coefficient (Wildman–Crippen LogP) is 2.91. The van der Waals surface area contributed by atoms with E-state index in [1.54, 1.807) is 0 Å². The van der Waals surface area contributed by atoms with Gasteiger partial charge in [0.1, 0.15) is 11.5 Å². The van der Waals surface area contributed by atoms with Crippen molar-refractivity contribution in [2.75, 3.05) is 0 Å². The summed E-state index contributed by atoms with van der Waals surface area (Å²) in [7, 11) is 0. The Morgan fingerprint density at radius 3 is 1.56 bits per heavy atom. The van der Waals surface area contributed by atoms with Crippen molar-refractivity contribution >= 4 is 31.0 Å². The van der Waals surface area contributed by atoms with Crippen molar-refractivity contribution in [3.63, 3.8) is 0 Å². The summed E-state index contributed by atoms with van der Waals surface area (Å²) in [6.07, 6.45) is 0. The third-order valence-electron chi connectivity index (χ3n) is 2.48. The summed E-state index contributed by atoms with van der Waals surface area (Å²) in [5.74, 6) is -0.174. The van der Waals surface area contributed by atoms with Crippen LogP contribution < -0.4 is 0 Å². The lowest BCUT2D eigenvalue weighted by atomic mass is 10.0. The van der Waals surface area contributed by atoms with Crippen molar-refractivity contribution in [1.29, 1.82) is 0 Å². The second-order valence-electron chi connectivity index (χ2n) is 3.74. The molecule has 0 aliphatic heterocycles. The summed E-state index contributed by atoms with van der Waals surface area (Å²) in [5.41, 5.74) is 0.826. The van der Waals surface area contributed by atoms with Crippen LogP contribution in [0.2, 0.25) is 0 Å². The smallest absolute Gasteiger partial charge is 0.193 e. The molecule has 0 fully saturated rings. The Hall–Kier alpha value is -1.59. The van der Waals surface area contributed by atoms with Gasteiger partial charge in [-0.3, -0.25) is 4.79 Å². The van der Waals surface area contributed by atoms with Crippen LogP contribution in [0.4, 0.5) is 0 Å². The normalized spacial score (nSPS) is 10.3. The number of carbonyl (C=O) groups excluding carboxylic acids is 1. The number of carbonyl (C=O) groups is 1. The second-order valence-corrected chi connectivity index (χ2v) is 4.70. The van der Waals surface area contributed by atoms with E-state index in [9.17, 15) is 15.0 Å². The summed E-state index contributed by atoms with van der Waals surface area (Å²) in [6.45, 7) is 0. The molecule has 0 unspecified atom stereocenters. The van der Waals surface area contributed by atoms with Gasteiger partial charge in [0, 0.05) is 20.9 Å². The number of ketones is 1. The molecule has 0 aliphatic rings. The number of benzene rings is 2. The van der Waals surface area contributed by atoms with Gasteiger partial charge in [-0.2, -0.15) is 0 Å². The minimum absolute atomic E-state index is 0.0236. The number of aromatic hydroxyl groups is 2. The summed E-state index contributed by atoms with van der Waals surface area (Å²) in [6, 6.07) is 8.84. The average molecular weight is 278 g/mol. The summed E-state index contributed by atoms with van der Waals surface area (Å²) >= 11 is 8.11. The van der Waals surface area contributed by atoms with Gasteiger partial charge in [0.25, 0.3) is 0 Å². The van der Waals surface area contributed by atoms with Crippen molar-refractivity contribution in [2.24, 2.45) is 0 Å². The van der Waals surface area contributed by atoms with E-state index in [0.29, 0.717) is 20.9 Å². The molecular weight excluding hydrogens is 268 g/mol. The van der Waals surface area contributed by atoms with Gasteiger partial charge in [-0.15, -0.1) is 25.3 Å². The zero-order chi connectivity index (χ0) is 13.3. The third-order valence-corrected chi connectivity index (χ3v) is 3.19. The van der Waals surface area contributed by atoms with Crippen LogP contribution in [0, 0.1) is 0 Å². The first-order valence-electron chi connectivity index (χ1n) is 5.07. The molecular formula is C13H10O3S2. The molecule has 0 aromatic heterocycles. The second kappa shape index (κ2) is 4.96. The quantitative estimate of drug-likeness (QED) is 0.505. The van der Waals surface area contributed by atoms with Crippen molar-refractivity contribution < 1.29 is 15.0 Å². The van der Waals surface area contributed by atoms with Gasteiger partial charge in [-0.05, 0) is 36.4 Å². The molecule has 0 bridgehead atoms. The number of rotatable bonds is 2. The minimum atomic E-state index is -0.222. The fourth-order valence-electron chi connectivity index (χ4n) is 1.50. The van der Waals surface area contributed by atoms with E-state index in [4.69, 9.17) is 0 Å². The molecule has 2 N–H and O–H groups in total. The van der Waals surface area contributed by atoms with Crippen LogP contribution in [0.5, 0.6) is 11.5 Å². The molecule has 0 atom stereocenters. The average Bonchev–Trinajstić information content (AvgIpc) is 2.35. The lowest BCUT2D eigenvalue weighted by molar-refractivity contribution is 0.103. The molecule has 2 aromatic rings. The molecule has 0 saturated heterocycles. The maximum Gasteiger partial charge on any atom is 0.193 e. The molecule has 0 spiro atoms. The molecule has 0 aliphatic carbocycles. The molecule has 0 saturated carbocycles. The molecule has 18 heavy (non-hydrogen) atoms. The summed E-state index contributed by atoms with van der Waals surface area (Å²) < 4.78 is 0. The van der Waals surface area contributed by atoms with Crippen molar-refractivity contribution in [1.82, 2.24) is 0 Å². The molecule has 0 radical (unpaired) electrons. The first-order chi connectivity index (χ1) is 8.49. The van der Waals surface area contributed by atoms with Crippen LogP contribution in [0.15, 0.2) is 46.2 Å². The Morgan fingerprint density at radius 1 is 0.833 bits per heavy atom. The highest BCUT2D eigenvalue weighted by atomic mass is 32.1. The molecule has 2 rings (SSSR count). The largest absolute Gasteiger partial charge is 0.507 e. The first kappa shape index (κ1) is 12.9. The molecule has 3 nitrogen and oxygen atoms in total. The van der Waals surface area contributed by atoms with Crippen LogP contribution in [0.1, 0.15) is 15.9 Å². The zero-order valence-corrected chi connectivity index (χ0v) is 11.0. The maximum absolute atomic E-state index is 12.1. The Bertz CT molecular complexity index is 570. The van der Waals surface area contributed by atoms with E-state index in [1.807, 2.05) is 0 Å². The van der Waals surface area contributed by atoms with Crippen LogP contribution in [-0.2, 0) is 0 Å². The minimum Gasteiger partial charge on any atom is -0.507 e. The van der Waals surface area contributed by atoms with Gasteiger partial charge in [0.05, 0.1) is 0 Å². The Labute approximate surface area is 115 Å². The highest BCUT2D eigenvalue weighted by Gasteiger charge is 2.12. The fourth-order valence-corrected chi connectivity index (χ4v) is 1.92. The fraction of sp³-hybridized carbons (Fsp3) is 0. The number of phenols is 2. The first-order valence-corrected chi connectivity index (χ1v) is 5.97. The van der Waals surface area contributed by atoms with Gasteiger partial charge in [0.2, 0.25) is 0 Å². The van der Waals surface area contributed by atoms with Crippen LogP contribution >= 0.6 is 25.3 Å². The van der Waals surface area contributed by atoms with Gasteiger partial charge in [-0.25, -0.2) is 0 Å². The zero-order valence-electron chi connectivity index (χ0n) is 9.16. The monoisotopic (exact) mass is 278 g/mol. The van der Waals surface area contributed by atoms with Gasteiger partial charge >= 0.3 is 0 Å². The highest BCUT2D eigenvalue weighted by molar-refractivity contribution is 7.80. The topological polar surface area (TPSA) is 57.5 Å². The number of phenolic OH excluding ortho intramolecular Hbond substituents is 2. The number of thiol groups is 2. The van der Waals surface area contributed by atoms with Gasteiger partial charge in [0.15, 0.2) is 5.78 Å². The lowest BCUT2D eigenvalue weighted by Gasteiger charge is -2.05. The van der Waals surface area contributed by atoms with E-state index in [1.165, 1.54) is 36.4 Å². The van der Waals surface area contributed by atoms with E-state index in [2.05, 4.69) is 25.3 Å². The maximum atomic E-state index is 12.1. The van der Waals surface area contributed by atoms with Crippen LogP contribution in [-0.4, -0.2) is 16.0 Å². The van der Waals surface area contributed by atoms with Gasteiger partial charge in [-0.1, -0.05) is 0 Å². The van der Waals surface area contributed by atoms with Crippen molar-refractivity contribution in [2.45, 2.75) is 9.79 Å². The van der Waals surface area contributed by atoms with Gasteiger partial charge < -0.3 is 10.2 Å². The SMILES string of the molecule is O=C(c1ccc(O)c(S)c1)c1ccc(O)c(S)c1. The van der Waals surface area contributed by atoms with E-state index in [-0.39, 0.29) is 17.3 Å². The molecule has 92 valence electrons. The van der Waals surface area contributed by atoms with Crippen LogP contribution in [0.25, 0.3) is 0 Å². The lowest BCUT2D eigenvalue weighted by Crippen LogP contribution is -2.01. The highest BCUT2D eigenvalue weighted by Crippen LogP contribution is 2.26. The standard InChI is InChI=1S/C13H10O3S2/c14-9-3-1-7(5-11(9)17)13(16)8-2-4-10(15)12(18)6-8/h1-6,14-15,17-18H. The molecule has 0 heterocycles. The third kappa shape index (κ3) is 2.47. The Morgan fingerprint density at radius 2 is 1.22 bits per heavy atom. The summed E-state index contributed by atoms with van der Waals surface area (Å²) in [4.78, 5) is 12.8. The molecule has 2 aromatic carbocycles. The van der Waals surface area contributed by atoms with Crippen LogP contribution in [0.3, 0.4) is 0 Å². The number of hydrogen-bond acceptors (Lipinski definition) is 5. The Balaban J connectivity index is 2.41. The Kier molecular flexibility index (Phi) is 3.54. The van der Waals surface area contributed by atoms with Crippen molar-refractivity contribution in [3.8, 4) is 11.5 Å². The van der Waals surface area contributed by atoms with E-state index < -0.39 is 0 Å². The van der Waals surface area contributed by atoms with E-state index in [0.717, 1.165) is 0 Å². The molecule has 0 amide bonds. The number of hydrogen-bond donors (Lipinski definition) is 4.